The van der Waals surface area contributed by atoms with Gasteiger partial charge in [0.1, 0.15) is 5.76 Å². The smallest absolute Gasteiger partial charge is 0.287 e. The molecular weight excluding hydrogens is 362 g/mol. The van der Waals surface area contributed by atoms with Crippen LogP contribution in [0.2, 0.25) is 0 Å². The molecule has 1 aliphatic rings. The summed E-state index contributed by atoms with van der Waals surface area (Å²) in [5, 5.41) is 7.59. The summed E-state index contributed by atoms with van der Waals surface area (Å²) in [4.78, 5) is 12.7. The fourth-order valence-corrected chi connectivity index (χ4v) is 3.69. The van der Waals surface area contributed by atoms with Crippen molar-refractivity contribution in [2.24, 2.45) is 5.10 Å². The van der Waals surface area contributed by atoms with Gasteiger partial charge in [-0.25, -0.2) is 0 Å². The van der Waals surface area contributed by atoms with Crippen LogP contribution in [0.1, 0.15) is 45.8 Å². The average molecular weight is 387 g/mol. The van der Waals surface area contributed by atoms with E-state index in [1.165, 1.54) is 5.56 Å². The van der Waals surface area contributed by atoms with Gasteiger partial charge < -0.3 is 9.73 Å². The van der Waals surface area contributed by atoms with Crippen LogP contribution >= 0.6 is 0 Å². The van der Waals surface area contributed by atoms with Crippen LogP contribution in [0.15, 0.2) is 70.2 Å². The molecule has 1 aliphatic carbocycles. The van der Waals surface area contributed by atoms with E-state index in [1.54, 1.807) is 0 Å². The molecule has 1 heterocycles. The van der Waals surface area contributed by atoms with Gasteiger partial charge in [-0.05, 0) is 43.9 Å². The van der Waals surface area contributed by atoms with Crippen molar-refractivity contribution in [3.05, 3.63) is 88.9 Å². The Kier molecular flexibility index (Phi) is 5.75. The number of carbonyl (C=O) groups excluding carboxylic acids is 1. The van der Waals surface area contributed by atoms with E-state index in [0.29, 0.717) is 12.3 Å². The first-order valence-corrected chi connectivity index (χ1v) is 10.0. The van der Waals surface area contributed by atoms with Crippen molar-refractivity contribution in [1.82, 2.24) is 5.32 Å². The molecule has 0 saturated carbocycles. The fourth-order valence-electron chi connectivity index (χ4n) is 3.69. The summed E-state index contributed by atoms with van der Waals surface area (Å²) in [6.45, 7) is 2.52. The Hall–Kier alpha value is -3.34. The van der Waals surface area contributed by atoms with E-state index in [1.807, 2.05) is 55.5 Å². The van der Waals surface area contributed by atoms with Crippen molar-refractivity contribution >= 4 is 17.3 Å². The van der Waals surface area contributed by atoms with E-state index in [9.17, 15) is 4.79 Å². The molecule has 2 N–H and O–H groups in total. The predicted octanol–water partition coefficient (Wildman–Crippen LogP) is 4.71. The number of nitrogens with one attached hydrogen (secondary N) is 2. The lowest BCUT2D eigenvalue weighted by molar-refractivity contribution is 0.0923. The van der Waals surface area contributed by atoms with E-state index in [2.05, 4.69) is 28.0 Å². The minimum absolute atomic E-state index is 0.164. The quantitative estimate of drug-likeness (QED) is 0.602. The molecule has 1 amide bonds. The molecule has 4 rings (SSSR count). The van der Waals surface area contributed by atoms with E-state index in [0.717, 1.165) is 54.0 Å². The number of benzene rings is 2. The maximum atomic E-state index is 12.7. The van der Waals surface area contributed by atoms with Crippen LogP contribution in [0, 0.1) is 6.92 Å². The van der Waals surface area contributed by atoms with Crippen LogP contribution < -0.4 is 10.7 Å². The van der Waals surface area contributed by atoms with Crippen molar-refractivity contribution in [2.75, 3.05) is 12.0 Å². The van der Waals surface area contributed by atoms with E-state index in [-0.39, 0.29) is 5.91 Å². The summed E-state index contributed by atoms with van der Waals surface area (Å²) in [6.07, 6.45) is 3.45. The minimum Gasteiger partial charge on any atom is -0.455 e. The number of aryl methyl sites for hydroxylation is 1. The van der Waals surface area contributed by atoms with Crippen molar-refractivity contribution < 1.29 is 9.21 Å². The molecule has 1 aromatic heterocycles. The number of hydrogen-bond acceptors (Lipinski definition) is 4. The molecule has 0 bridgehead atoms. The normalized spacial score (nSPS) is 14.4. The molecule has 29 heavy (non-hydrogen) atoms. The highest BCUT2D eigenvalue weighted by molar-refractivity contribution is 6.06. The predicted molar refractivity (Wildman–Crippen MR) is 115 cm³/mol. The molecule has 0 atom stereocenters. The van der Waals surface area contributed by atoms with Gasteiger partial charge in [0.05, 0.1) is 11.4 Å². The van der Waals surface area contributed by atoms with Crippen molar-refractivity contribution in [2.45, 2.75) is 32.6 Å². The highest BCUT2D eigenvalue weighted by Crippen LogP contribution is 2.30. The second-order valence-electron chi connectivity index (χ2n) is 7.24. The number of para-hydroxylation sites is 1. The van der Waals surface area contributed by atoms with E-state index < -0.39 is 0 Å². The zero-order valence-corrected chi connectivity index (χ0v) is 16.6. The molecular formula is C24H25N3O2. The average Bonchev–Trinajstić information content (AvgIpc) is 3.11. The number of carbonyl (C=O) groups is 1. The molecule has 0 unspecified atom stereocenters. The molecule has 0 spiro atoms. The van der Waals surface area contributed by atoms with Crippen molar-refractivity contribution in [1.29, 1.82) is 0 Å². The number of hydrogen-bond donors (Lipinski definition) is 2. The first-order chi connectivity index (χ1) is 14.2. The third-order valence-electron chi connectivity index (χ3n) is 5.17. The van der Waals surface area contributed by atoms with Crippen LogP contribution in [0.4, 0.5) is 5.69 Å². The summed E-state index contributed by atoms with van der Waals surface area (Å²) < 4.78 is 5.96. The third kappa shape index (κ3) is 4.40. The Morgan fingerprint density at radius 2 is 1.76 bits per heavy atom. The van der Waals surface area contributed by atoms with Crippen LogP contribution in [-0.2, 0) is 12.8 Å². The second kappa shape index (κ2) is 8.78. The lowest BCUT2D eigenvalue weighted by Gasteiger charge is -2.13. The lowest BCUT2D eigenvalue weighted by Crippen LogP contribution is -2.26. The Bertz CT molecular complexity index is 1010. The monoisotopic (exact) mass is 387 g/mol. The van der Waals surface area contributed by atoms with Crippen LogP contribution in [0.3, 0.4) is 0 Å². The Morgan fingerprint density at radius 1 is 1.03 bits per heavy atom. The highest BCUT2D eigenvalue weighted by atomic mass is 16.4. The number of furan rings is 1. The highest BCUT2D eigenvalue weighted by Gasteiger charge is 2.27. The molecule has 0 fully saturated rings. The van der Waals surface area contributed by atoms with Gasteiger partial charge in [-0.1, -0.05) is 48.5 Å². The maximum absolute atomic E-state index is 12.7. The summed E-state index contributed by atoms with van der Waals surface area (Å²) in [7, 11) is 0. The van der Waals surface area contributed by atoms with Crippen LogP contribution in [0.5, 0.6) is 0 Å². The third-order valence-corrected chi connectivity index (χ3v) is 5.17. The molecule has 3 aromatic rings. The van der Waals surface area contributed by atoms with Gasteiger partial charge in [0.2, 0.25) is 0 Å². The zero-order chi connectivity index (χ0) is 20.1. The Labute approximate surface area is 170 Å². The van der Waals surface area contributed by atoms with Gasteiger partial charge in [-0.2, -0.15) is 5.10 Å². The van der Waals surface area contributed by atoms with Gasteiger partial charge in [-0.15, -0.1) is 0 Å². The van der Waals surface area contributed by atoms with Gasteiger partial charge in [-0.3, -0.25) is 10.2 Å². The number of rotatable bonds is 6. The molecule has 148 valence electrons. The molecule has 5 heteroatoms. The largest absolute Gasteiger partial charge is 0.455 e. The van der Waals surface area contributed by atoms with Gasteiger partial charge in [0.15, 0.2) is 5.76 Å². The Balaban J connectivity index is 1.47. The van der Waals surface area contributed by atoms with E-state index >= 15 is 0 Å². The van der Waals surface area contributed by atoms with E-state index in [4.69, 9.17) is 4.42 Å². The van der Waals surface area contributed by atoms with Crippen LogP contribution in [0.25, 0.3) is 0 Å². The Morgan fingerprint density at radius 3 is 2.52 bits per heavy atom. The number of amides is 1. The SMILES string of the molecule is Cc1c(C(=O)NCCc2ccccc2)oc2c1/C(=N/Nc1ccccc1)CCC2. The van der Waals surface area contributed by atoms with Crippen molar-refractivity contribution in [3.63, 3.8) is 0 Å². The van der Waals surface area contributed by atoms with Crippen molar-refractivity contribution in [3.8, 4) is 0 Å². The first-order valence-electron chi connectivity index (χ1n) is 10.0. The van der Waals surface area contributed by atoms with Gasteiger partial charge in [0, 0.05) is 24.1 Å². The minimum atomic E-state index is -0.164. The fraction of sp³-hybridized carbons (Fsp3) is 0.250. The van der Waals surface area contributed by atoms with Gasteiger partial charge in [0.25, 0.3) is 5.91 Å². The molecule has 5 nitrogen and oxygen atoms in total. The number of anilines is 1. The molecule has 2 aromatic carbocycles. The summed E-state index contributed by atoms with van der Waals surface area (Å²) in [5.41, 5.74) is 8.05. The molecule has 0 radical (unpaired) electrons. The maximum Gasteiger partial charge on any atom is 0.287 e. The summed E-state index contributed by atoms with van der Waals surface area (Å²) in [5.74, 6) is 1.09. The van der Waals surface area contributed by atoms with Gasteiger partial charge >= 0.3 is 0 Å². The number of hydrazone groups is 1. The number of nitrogens with zero attached hydrogens (tertiary/aromatic N) is 1. The summed E-state index contributed by atoms with van der Waals surface area (Å²) in [6, 6.07) is 20.0. The standard InChI is InChI=1S/C24H25N3O2/c1-17-22-20(27-26-19-11-6-3-7-12-19)13-8-14-21(22)29-23(17)24(28)25-16-15-18-9-4-2-5-10-18/h2-7,9-12,26H,8,13-16H2,1H3,(H,25,28)/b27-20+. The zero-order valence-electron chi connectivity index (χ0n) is 16.6. The molecule has 0 aliphatic heterocycles. The lowest BCUT2D eigenvalue weighted by atomic mass is 9.93. The number of fused-ring (bicyclic) bond motifs is 1. The molecule has 0 saturated heterocycles. The second-order valence-corrected chi connectivity index (χ2v) is 7.24. The topological polar surface area (TPSA) is 66.6 Å². The first kappa shape index (κ1) is 19.0. The summed E-state index contributed by atoms with van der Waals surface area (Å²) >= 11 is 0. The van der Waals surface area contributed by atoms with Crippen LogP contribution in [-0.4, -0.2) is 18.2 Å².